The fraction of sp³-hybridized carbons (Fsp3) is 0.0800. The number of carbonyl (C=O) groups excluding carboxylic acids is 1. The number of carbonyl (C=O) groups is 1. The first-order valence-electron chi connectivity index (χ1n) is 9.21. The molecular weight excluding hydrogens is 364 g/mol. The highest BCUT2D eigenvalue weighted by atomic mass is 16.5. The van der Waals surface area contributed by atoms with Gasteiger partial charge in [0.05, 0.1) is 0 Å². The summed E-state index contributed by atoms with van der Waals surface area (Å²) < 4.78 is 5.76. The SMILES string of the molecule is Cc1ccc(/C=C/C(=O)/C=C(\O)c2c(O)cccc2OCc2ccccc2)cc1. The molecule has 0 aliphatic heterocycles. The number of rotatable bonds is 7. The van der Waals surface area contributed by atoms with Gasteiger partial charge in [-0.1, -0.05) is 72.3 Å². The van der Waals surface area contributed by atoms with E-state index in [1.807, 2.05) is 61.5 Å². The van der Waals surface area contributed by atoms with Crippen molar-refractivity contribution in [3.63, 3.8) is 0 Å². The minimum Gasteiger partial charge on any atom is -0.507 e. The molecule has 0 unspecified atom stereocenters. The Morgan fingerprint density at radius 1 is 0.966 bits per heavy atom. The third-order valence-electron chi connectivity index (χ3n) is 4.29. The van der Waals surface area contributed by atoms with Crippen molar-refractivity contribution in [3.8, 4) is 11.5 Å². The number of hydrogen-bond donors (Lipinski definition) is 2. The lowest BCUT2D eigenvalue weighted by Gasteiger charge is -2.12. The van der Waals surface area contributed by atoms with Crippen molar-refractivity contribution in [2.45, 2.75) is 13.5 Å². The van der Waals surface area contributed by atoms with Gasteiger partial charge >= 0.3 is 0 Å². The first-order valence-corrected chi connectivity index (χ1v) is 9.21. The second-order valence-electron chi connectivity index (χ2n) is 6.60. The van der Waals surface area contributed by atoms with E-state index in [9.17, 15) is 15.0 Å². The van der Waals surface area contributed by atoms with Crippen LogP contribution < -0.4 is 4.74 Å². The number of allylic oxidation sites excluding steroid dienone is 2. The average Bonchev–Trinajstić information content (AvgIpc) is 2.72. The molecule has 146 valence electrons. The predicted molar refractivity (Wildman–Crippen MR) is 115 cm³/mol. The van der Waals surface area contributed by atoms with E-state index in [4.69, 9.17) is 4.74 Å². The number of aromatic hydroxyl groups is 1. The van der Waals surface area contributed by atoms with Crippen LogP contribution in [0.4, 0.5) is 0 Å². The van der Waals surface area contributed by atoms with Crippen LogP contribution in [0.1, 0.15) is 22.3 Å². The fourth-order valence-electron chi connectivity index (χ4n) is 2.74. The number of phenolic OH excluding ortho intramolecular Hbond substituents is 1. The Bertz CT molecular complexity index is 1030. The lowest BCUT2D eigenvalue weighted by molar-refractivity contribution is -0.110. The number of aliphatic hydroxyl groups is 1. The van der Waals surface area contributed by atoms with E-state index in [1.54, 1.807) is 18.2 Å². The average molecular weight is 386 g/mol. The minimum absolute atomic E-state index is 0.0838. The second-order valence-corrected chi connectivity index (χ2v) is 6.60. The zero-order chi connectivity index (χ0) is 20.6. The summed E-state index contributed by atoms with van der Waals surface area (Å²) >= 11 is 0. The van der Waals surface area contributed by atoms with E-state index in [2.05, 4.69) is 0 Å². The molecule has 4 heteroatoms. The standard InChI is InChI=1S/C25H22O4/c1-18-10-12-19(13-11-18)14-15-21(26)16-23(28)25-22(27)8-5-9-24(25)29-17-20-6-3-2-4-7-20/h2-16,27-28H,17H2,1H3/b15-14+,23-16-. The lowest BCUT2D eigenvalue weighted by atomic mass is 10.1. The molecule has 0 radical (unpaired) electrons. The van der Waals surface area contributed by atoms with Gasteiger partial charge in [-0.15, -0.1) is 0 Å². The number of hydrogen-bond acceptors (Lipinski definition) is 4. The molecule has 4 nitrogen and oxygen atoms in total. The van der Waals surface area contributed by atoms with Crippen LogP contribution in [-0.4, -0.2) is 16.0 Å². The Morgan fingerprint density at radius 2 is 1.69 bits per heavy atom. The highest BCUT2D eigenvalue weighted by Crippen LogP contribution is 2.33. The van der Waals surface area contributed by atoms with Gasteiger partial charge in [0.15, 0.2) is 5.78 Å². The molecular formula is C25H22O4. The van der Waals surface area contributed by atoms with E-state index in [1.165, 1.54) is 12.1 Å². The molecule has 3 aromatic rings. The van der Waals surface area contributed by atoms with Crippen molar-refractivity contribution in [2.75, 3.05) is 0 Å². The fourth-order valence-corrected chi connectivity index (χ4v) is 2.74. The van der Waals surface area contributed by atoms with Gasteiger partial charge in [-0.2, -0.15) is 0 Å². The van der Waals surface area contributed by atoms with Gasteiger partial charge < -0.3 is 14.9 Å². The number of aryl methyl sites for hydroxylation is 1. The number of ether oxygens (including phenoxy) is 1. The molecule has 0 bridgehead atoms. The highest BCUT2D eigenvalue weighted by Gasteiger charge is 2.14. The largest absolute Gasteiger partial charge is 0.507 e. The monoisotopic (exact) mass is 386 g/mol. The Balaban J connectivity index is 1.77. The third-order valence-corrected chi connectivity index (χ3v) is 4.29. The van der Waals surface area contributed by atoms with Crippen LogP contribution in [0, 0.1) is 6.92 Å². The number of aliphatic hydroxyl groups excluding tert-OH is 1. The topological polar surface area (TPSA) is 66.8 Å². The zero-order valence-corrected chi connectivity index (χ0v) is 16.1. The molecule has 3 aromatic carbocycles. The van der Waals surface area contributed by atoms with Gasteiger partial charge in [-0.05, 0) is 36.3 Å². The summed E-state index contributed by atoms with van der Waals surface area (Å²) in [7, 11) is 0. The number of phenols is 1. The summed E-state index contributed by atoms with van der Waals surface area (Å²) in [6, 6.07) is 21.9. The summed E-state index contributed by atoms with van der Waals surface area (Å²) in [5.41, 5.74) is 3.04. The lowest BCUT2D eigenvalue weighted by Crippen LogP contribution is -1.99. The van der Waals surface area contributed by atoms with Crippen molar-refractivity contribution in [2.24, 2.45) is 0 Å². The van der Waals surface area contributed by atoms with Crippen molar-refractivity contribution in [1.29, 1.82) is 0 Å². The van der Waals surface area contributed by atoms with Gasteiger partial charge in [0.1, 0.15) is 29.4 Å². The van der Waals surface area contributed by atoms with E-state index in [0.717, 1.165) is 22.8 Å². The van der Waals surface area contributed by atoms with Gasteiger partial charge in [0.2, 0.25) is 0 Å². The van der Waals surface area contributed by atoms with Crippen molar-refractivity contribution >= 4 is 17.6 Å². The maximum atomic E-state index is 12.2. The molecule has 0 heterocycles. The summed E-state index contributed by atoms with van der Waals surface area (Å²) in [6.07, 6.45) is 4.10. The molecule has 29 heavy (non-hydrogen) atoms. The summed E-state index contributed by atoms with van der Waals surface area (Å²) in [5.74, 6) is -0.636. The molecule has 0 saturated carbocycles. The van der Waals surface area contributed by atoms with Gasteiger partial charge in [-0.3, -0.25) is 4.79 Å². The van der Waals surface area contributed by atoms with Gasteiger partial charge in [0, 0.05) is 6.08 Å². The Hall–Kier alpha value is -3.79. The maximum absolute atomic E-state index is 12.2. The molecule has 3 rings (SSSR count). The van der Waals surface area contributed by atoms with Crippen LogP contribution >= 0.6 is 0 Å². The Morgan fingerprint density at radius 3 is 2.41 bits per heavy atom. The summed E-state index contributed by atoms with van der Waals surface area (Å²) in [6.45, 7) is 2.26. The summed E-state index contributed by atoms with van der Waals surface area (Å²) in [4.78, 5) is 12.2. The minimum atomic E-state index is -0.402. The van der Waals surface area contributed by atoms with Gasteiger partial charge in [-0.25, -0.2) is 0 Å². The van der Waals surface area contributed by atoms with Crippen molar-refractivity contribution in [3.05, 3.63) is 107 Å². The molecule has 0 amide bonds. The molecule has 0 aliphatic rings. The summed E-state index contributed by atoms with van der Waals surface area (Å²) in [5, 5.41) is 20.6. The molecule has 0 spiro atoms. The van der Waals surface area contributed by atoms with Crippen LogP contribution in [0.2, 0.25) is 0 Å². The first-order chi connectivity index (χ1) is 14.0. The quantitative estimate of drug-likeness (QED) is 0.418. The van der Waals surface area contributed by atoms with Crippen LogP contribution in [0.3, 0.4) is 0 Å². The van der Waals surface area contributed by atoms with E-state index in [-0.39, 0.29) is 29.4 Å². The first kappa shape index (κ1) is 20.0. The second kappa shape index (κ2) is 9.42. The predicted octanol–water partition coefficient (Wildman–Crippen LogP) is 5.46. The molecule has 0 atom stereocenters. The molecule has 0 aromatic heterocycles. The van der Waals surface area contributed by atoms with Gasteiger partial charge in [0.25, 0.3) is 0 Å². The Kier molecular flexibility index (Phi) is 6.48. The smallest absolute Gasteiger partial charge is 0.182 e. The molecule has 0 aliphatic carbocycles. The van der Waals surface area contributed by atoms with Crippen LogP contribution in [-0.2, 0) is 11.4 Å². The number of benzene rings is 3. The van der Waals surface area contributed by atoms with E-state index >= 15 is 0 Å². The van der Waals surface area contributed by atoms with Crippen molar-refractivity contribution in [1.82, 2.24) is 0 Å². The van der Waals surface area contributed by atoms with E-state index in [0.29, 0.717) is 0 Å². The van der Waals surface area contributed by atoms with E-state index < -0.39 is 5.78 Å². The molecule has 0 fully saturated rings. The zero-order valence-electron chi connectivity index (χ0n) is 16.1. The normalized spacial score (nSPS) is 11.6. The van der Waals surface area contributed by atoms with Crippen LogP contribution in [0.5, 0.6) is 11.5 Å². The van der Waals surface area contributed by atoms with Crippen LogP contribution in [0.25, 0.3) is 11.8 Å². The maximum Gasteiger partial charge on any atom is 0.182 e. The molecule has 2 N–H and O–H groups in total. The van der Waals surface area contributed by atoms with Crippen molar-refractivity contribution < 1.29 is 19.7 Å². The highest BCUT2D eigenvalue weighted by molar-refractivity contribution is 6.06. The third kappa shape index (κ3) is 5.59. The molecule has 0 saturated heterocycles. The number of ketones is 1. The Labute approximate surface area is 170 Å². The van der Waals surface area contributed by atoms with Crippen LogP contribution in [0.15, 0.2) is 84.9 Å².